The van der Waals surface area contributed by atoms with Gasteiger partial charge in [-0.25, -0.2) is 4.68 Å². The van der Waals surface area contributed by atoms with Gasteiger partial charge in [-0.3, -0.25) is 14.5 Å². The first-order valence-electron chi connectivity index (χ1n) is 9.24. The molecule has 1 heterocycles. The van der Waals surface area contributed by atoms with Crippen molar-refractivity contribution >= 4 is 12.3 Å². The van der Waals surface area contributed by atoms with E-state index in [9.17, 15) is 14.0 Å². The number of hydrogen-bond acceptors (Lipinski definition) is 3. The highest BCUT2D eigenvalue weighted by molar-refractivity contribution is 6.01. The normalized spacial score (nSPS) is 22.0. The van der Waals surface area contributed by atoms with E-state index in [1.165, 1.54) is 11.9 Å². The number of rotatable bonds is 6. The van der Waals surface area contributed by atoms with Crippen LogP contribution in [0.2, 0.25) is 0 Å². The van der Waals surface area contributed by atoms with Gasteiger partial charge in [0.2, 0.25) is 12.4 Å². The summed E-state index contributed by atoms with van der Waals surface area (Å²) in [6.45, 7) is 8.17. The van der Waals surface area contributed by atoms with E-state index in [1.54, 1.807) is 6.92 Å². The second kappa shape index (κ2) is 8.11. The smallest absolute Gasteiger partial charge is 0.267 e. The molecule has 3 unspecified atom stereocenters. The number of imide groups is 1. The second-order valence-electron chi connectivity index (χ2n) is 7.82. The fourth-order valence-corrected chi connectivity index (χ4v) is 4.35. The van der Waals surface area contributed by atoms with Crippen molar-refractivity contribution in [3.8, 4) is 0 Å². The first-order valence-corrected chi connectivity index (χ1v) is 9.24. The van der Waals surface area contributed by atoms with Crippen molar-refractivity contribution in [2.24, 2.45) is 24.8 Å². The molecule has 0 aromatic carbocycles. The van der Waals surface area contributed by atoms with Gasteiger partial charge in [0.1, 0.15) is 5.56 Å². The first-order chi connectivity index (χ1) is 11.8. The lowest BCUT2D eigenvalue weighted by Crippen LogP contribution is -2.47. The Kier molecular flexibility index (Phi) is 6.36. The Morgan fingerprint density at radius 3 is 2.52 bits per heavy atom. The molecule has 0 N–H and O–H groups in total. The summed E-state index contributed by atoms with van der Waals surface area (Å²) in [5, 5.41) is 3.97. The van der Waals surface area contributed by atoms with Crippen LogP contribution in [0.1, 0.15) is 68.9 Å². The molecule has 1 aliphatic carbocycles. The average molecular weight is 351 g/mol. The Hall–Kier alpha value is -1.72. The van der Waals surface area contributed by atoms with E-state index in [1.807, 2.05) is 0 Å². The summed E-state index contributed by atoms with van der Waals surface area (Å²) >= 11 is 0. The number of aromatic nitrogens is 2. The van der Waals surface area contributed by atoms with Crippen LogP contribution < -0.4 is 0 Å². The molecule has 25 heavy (non-hydrogen) atoms. The summed E-state index contributed by atoms with van der Waals surface area (Å²) in [6, 6.07) is -0.161. The van der Waals surface area contributed by atoms with E-state index in [2.05, 4.69) is 25.9 Å². The molecule has 1 saturated carbocycles. The van der Waals surface area contributed by atoms with Crippen LogP contribution in [0, 0.1) is 30.6 Å². The standard InChI is InChI=1S/C19H30FN3O2/c1-12(2)10-13(3)15-8-6-7-9-16(15)23(11-24)19(25)17-14(4)21-22(5)18(17)20/h11-13,15-16H,6-10H2,1-5H3. The largest absolute Gasteiger partial charge is 0.278 e. The molecule has 0 saturated heterocycles. The molecule has 0 radical (unpaired) electrons. The van der Waals surface area contributed by atoms with Crippen molar-refractivity contribution < 1.29 is 14.0 Å². The van der Waals surface area contributed by atoms with Gasteiger partial charge in [-0.1, -0.05) is 33.6 Å². The highest BCUT2D eigenvalue weighted by Gasteiger charge is 2.38. The molecule has 3 atom stereocenters. The van der Waals surface area contributed by atoms with Crippen LogP contribution in [0.3, 0.4) is 0 Å². The lowest BCUT2D eigenvalue weighted by molar-refractivity contribution is -0.119. The van der Waals surface area contributed by atoms with Gasteiger partial charge in [0, 0.05) is 13.1 Å². The lowest BCUT2D eigenvalue weighted by atomic mass is 9.74. The summed E-state index contributed by atoms with van der Waals surface area (Å²) in [5.41, 5.74) is 0.231. The van der Waals surface area contributed by atoms with E-state index in [0.29, 0.717) is 23.9 Å². The molecular weight excluding hydrogens is 321 g/mol. The molecular formula is C19H30FN3O2. The average Bonchev–Trinajstić information content (AvgIpc) is 2.80. The molecule has 140 valence electrons. The van der Waals surface area contributed by atoms with Crippen molar-refractivity contribution in [2.45, 2.75) is 65.8 Å². The predicted octanol–water partition coefficient (Wildman–Crippen LogP) is 3.71. The number of aryl methyl sites for hydroxylation is 2. The molecule has 2 amide bonds. The summed E-state index contributed by atoms with van der Waals surface area (Å²) in [4.78, 5) is 25.9. The van der Waals surface area contributed by atoms with Crippen molar-refractivity contribution in [3.05, 3.63) is 17.2 Å². The van der Waals surface area contributed by atoms with Crippen LogP contribution in [0.15, 0.2) is 0 Å². The third-order valence-electron chi connectivity index (χ3n) is 5.43. The topological polar surface area (TPSA) is 55.2 Å². The van der Waals surface area contributed by atoms with Gasteiger partial charge in [-0.2, -0.15) is 9.49 Å². The highest BCUT2D eigenvalue weighted by Crippen LogP contribution is 2.36. The summed E-state index contributed by atoms with van der Waals surface area (Å²) in [6.07, 6.45) is 5.54. The van der Waals surface area contributed by atoms with Crippen LogP contribution in [0.5, 0.6) is 0 Å². The van der Waals surface area contributed by atoms with E-state index in [0.717, 1.165) is 36.8 Å². The molecule has 1 aliphatic rings. The molecule has 0 bridgehead atoms. The van der Waals surface area contributed by atoms with Gasteiger partial charge >= 0.3 is 0 Å². The minimum atomic E-state index is -0.683. The Bertz CT molecular complexity index is 626. The zero-order valence-electron chi connectivity index (χ0n) is 16.0. The zero-order valence-corrected chi connectivity index (χ0v) is 16.0. The second-order valence-corrected chi connectivity index (χ2v) is 7.82. The molecule has 0 aliphatic heterocycles. The zero-order chi connectivity index (χ0) is 18.7. The fourth-order valence-electron chi connectivity index (χ4n) is 4.35. The molecule has 1 fully saturated rings. The Morgan fingerprint density at radius 2 is 2.00 bits per heavy atom. The summed E-state index contributed by atoms with van der Waals surface area (Å²) in [5.74, 6) is 0.00499. The first kappa shape index (κ1) is 19.6. The van der Waals surface area contributed by atoms with Gasteiger partial charge in [0.25, 0.3) is 5.91 Å². The van der Waals surface area contributed by atoms with Crippen LogP contribution in [-0.4, -0.2) is 33.0 Å². The fraction of sp³-hybridized carbons (Fsp3) is 0.737. The maximum Gasteiger partial charge on any atom is 0.267 e. The number of halogens is 1. The Balaban J connectivity index is 2.30. The SMILES string of the molecule is Cc1nn(C)c(F)c1C(=O)N(C=O)C1CCCCC1C(C)CC(C)C. The van der Waals surface area contributed by atoms with E-state index in [4.69, 9.17) is 0 Å². The van der Waals surface area contributed by atoms with E-state index in [-0.39, 0.29) is 17.5 Å². The monoisotopic (exact) mass is 351 g/mol. The predicted molar refractivity (Wildman–Crippen MR) is 94.5 cm³/mol. The molecule has 1 aromatic rings. The Morgan fingerprint density at radius 1 is 1.36 bits per heavy atom. The number of carbonyl (C=O) groups excluding carboxylic acids is 2. The van der Waals surface area contributed by atoms with Gasteiger partial charge in [0.05, 0.1) is 5.69 Å². The third-order valence-corrected chi connectivity index (χ3v) is 5.43. The maximum absolute atomic E-state index is 14.3. The van der Waals surface area contributed by atoms with E-state index >= 15 is 0 Å². The van der Waals surface area contributed by atoms with Crippen LogP contribution in [0.4, 0.5) is 4.39 Å². The number of carbonyl (C=O) groups is 2. The van der Waals surface area contributed by atoms with Gasteiger partial charge in [-0.05, 0) is 43.9 Å². The molecule has 5 nitrogen and oxygen atoms in total. The molecule has 0 spiro atoms. The van der Waals surface area contributed by atoms with Crippen molar-refractivity contribution in [2.75, 3.05) is 0 Å². The summed E-state index contributed by atoms with van der Waals surface area (Å²) in [7, 11) is 1.46. The minimum Gasteiger partial charge on any atom is -0.278 e. The quantitative estimate of drug-likeness (QED) is 0.734. The summed E-state index contributed by atoms with van der Waals surface area (Å²) < 4.78 is 15.3. The lowest BCUT2D eigenvalue weighted by Gasteiger charge is -2.40. The van der Waals surface area contributed by atoms with Gasteiger partial charge in [-0.15, -0.1) is 0 Å². The number of nitrogens with zero attached hydrogens (tertiary/aromatic N) is 3. The van der Waals surface area contributed by atoms with Crippen molar-refractivity contribution in [1.29, 1.82) is 0 Å². The molecule has 6 heteroatoms. The van der Waals surface area contributed by atoms with Gasteiger partial charge < -0.3 is 0 Å². The number of amides is 2. The molecule has 1 aromatic heterocycles. The molecule has 2 rings (SSSR count). The van der Waals surface area contributed by atoms with E-state index < -0.39 is 11.9 Å². The van der Waals surface area contributed by atoms with Crippen LogP contribution in [-0.2, 0) is 11.8 Å². The van der Waals surface area contributed by atoms with Crippen LogP contribution >= 0.6 is 0 Å². The van der Waals surface area contributed by atoms with Crippen molar-refractivity contribution in [1.82, 2.24) is 14.7 Å². The van der Waals surface area contributed by atoms with Crippen LogP contribution in [0.25, 0.3) is 0 Å². The van der Waals surface area contributed by atoms with Gasteiger partial charge in [0.15, 0.2) is 0 Å². The van der Waals surface area contributed by atoms with Crippen molar-refractivity contribution in [3.63, 3.8) is 0 Å². The third kappa shape index (κ3) is 4.10. The Labute approximate surface area is 149 Å². The number of hydrogen-bond donors (Lipinski definition) is 0. The maximum atomic E-state index is 14.3. The minimum absolute atomic E-state index is 0.0876. The highest BCUT2D eigenvalue weighted by atomic mass is 19.1.